The minimum Gasteiger partial charge on any atom is -0.465 e. The van der Waals surface area contributed by atoms with Crippen LogP contribution in [0.25, 0.3) is 0 Å². The molecule has 19 heavy (non-hydrogen) atoms. The molecule has 0 fully saturated rings. The second kappa shape index (κ2) is 8.35. The van der Waals surface area contributed by atoms with Crippen LogP contribution in [0, 0.1) is 6.92 Å². The van der Waals surface area contributed by atoms with Gasteiger partial charge in [-0.05, 0) is 40.4 Å². The number of nitrogens with zero attached hydrogens (tertiary/aromatic N) is 1. The number of aryl methyl sites for hydroxylation is 1. The predicted molar refractivity (Wildman–Crippen MR) is 78.2 cm³/mol. The Hall–Kier alpha value is -0.840. The first-order chi connectivity index (χ1) is 9.02. The molecule has 0 aliphatic rings. The Balaban J connectivity index is 2.40. The van der Waals surface area contributed by atoms with Crippen LogP contribution in [0.4, 0.5) is 0 Å². The van der Waals surface area contributed by atoms with Crippen LogP contribution in [-0.4, -0.2) is 37.7 Å². The number of rotatable bonds is 9. The molecule has 1 aromatic heterocycles. The molecular formula is C15H28N2O2. The van der Waals surface area contributed by atoms with Crippen molar-refractivity contribution < 1.29 is 9.15 Å². The smallest absolute Gasteiger partial charge is 0.118 e. The Kier molecular flexibility index (Phi) is 7.13. The van der Waals surface area contributed by atoms with Gasteiger partial charge in [0, 0.05) is 18.7 Å². The van der Waals surface area contributed by atoms with E-state index in [4.69, 9.17) is 9.15 Å². The van der Waals surface area contributed by atoms with E-state index in [2.05, 4.69) is 44.1 Å². The number of likely N-dealkylation sites (N-methyl/N-ethyl adjacent to an activating group) is 1. The normalized spacial score (nSPS) is 11.7. The van der Waals surface area contributed by atoms with E-state index >= 15 is 0 Å². The molecule has 0 aliphatic heterocycles. The lowest BCUT2D eigenvalue weighted by atomic mass is 10.2. The fraction of sp³-hybridized carbons (Fsp3) is 0.733. The Morgan fingerprint density at radius 3 is 2.79 bits per heavy atom. The topological polar surface area (TPSA) is 37.6 Å². The third kappa shape index (κ3) is 6.23. The average molecular weight is 268 g/mol. The quantitative estimate of drug-likeness (QED) is 0.747. The lowest BCUT2D eigenvalue weighted by molar-refractivity contribution is 0.0626. The van der Waals surface area contributed by atoms with Gasteiger partial charge in [0.05, 0.1) is 19.3 Å². The Labute approximate surface area is 117 Å². The van der Waals surface area contributed by atoms with Crippen LogP contribution in [0.2, 0.25) is 0 Å². The summed E-state index contributed by atoms with van der Waals surface area (Å²) < 4.78 is 11.3. The van der Waals surface area contributed by atoms with Crippen molar-refractivity contribution in [3.05, 3.63) is 23.2 Å². The molecule has 1 heterocycles. The molecule has 0 amide bonds. The molecule has 0 atom stereocenters. The summed E-state index contributed by atoms with van der Waals surface area (Å²) in [5.74, 6) is 2.03. The van der Waals surface area contributed by atoms with Crippen LogP contribution in [0.15, 0.2) is 10.5 Å². The van der Waals surface area contributed by atoms with Crippen molar-refractivity contribution in [2.45, 2.75) is 46.9 Å². The highest BCUT2D eigenvalue weighted by molar-refractivity contribution is 5.20. The van der Waals surface area contributed by atoms with Crippen LogP contribution < -0.4 is 5.32 Å². The van der Waals surface area contributed by atoms with E-state index in [1.807, 2.05) is 6.92 Å². The molecule has 110 valence electrons. The first kappa shape index (κ1) is 16.2. The van der Waals surface area contributed by atoms with Gasteiger partial charge in [0.2, 0.25) is 0 Å². The van der Waals surface area contributed by atoms with Crippen LogP contribution in [0.1, 0.15) is 37.9 Å². The number of ether oxygens (including phenoxy) is 1. The maximum Gasteiger partial charge on any atom is 0.118 e. The molecule has 4 nitrogen and oxygen atoms in total. The molecule has 0 aromatic carbocycles. The molecule has 1 N–H and O–H groups in total. The van der Waals surface area contributed by atoms with Gasteiger partial charge in [-0.15, -0.1) is 0 Å². The van der Waals surface area contributed by atoms with Gasteiger partial charge in [-0.2, -0.15) is 0 Å². The summed E-state index contributed by atoms with van der Waals surface area (Å²) in [6.07, 6.45) is 0.302. The van der Waals surface area contributed by atoms with E-state index < -0.39 is 0 Å². The minimum absolute atomic E-state index is 0.302. The summed E-state index contributed by atoms with van der Waals surface area (Å²) in [5.41, 5.74) is 1.26. The van der Waals surface area contributed by atoms with E-state index in [9.17, 15) is 0 Å². The van der Waals surface area contributed by atoms with Crippen molar-refractivity contribution in [2.75, 3.05) is 26.7 Å². The van der Waals surface area contributed by atoms with Crippen LogP contribution in [-0.2, 0) is 17.8 Å². The lowest BCUT2D eigenvalue weighted by Gasteiger charge is -2.17. The molecular weight excluding hydrogens is 240 g/mol. The van der Waals surface area contributed by atoms with Gasteiger partial charge < -0.3 is 14.5 Å². The molecule has 0 unspecified atom stereocenters. The van der Waals surface area contributed by atoms with E-state index in [0.29, 0.717) is 6.10 Å². The molecule has 0 saturated carbocycles. The largest absolute Gasteiger partial charge is 0.465 e. The maximum atomic E-state index is 5.74. The average Bonchev–Trinajstić information content (AvgIpc) is 2.67. The van der Waals surface area contributed by atoms with Gasteiger partial charge >= 0.3 is 0 Å². The summed E-state index contributed by atoms with van der Waals surface area (Å²) in [5, 5.41) is 3.28. The Morgan fingerprint density at radius 1 is 1.42 bits per heavy atom. The predicted octanol–water partition coefficient (Wildman–Crippen LogP) is 2.55. The van der Waals surface area contributed by atoms with Gasteiger partial charge in [0.1, 0.15) is 11.5 Å². The van der Waals surface area contributed by atoms with E-state index in [1.54, 1.807) is 0 Å². The molecule has 0 spiro atoms. The summed E-state index contributed by atoms with van der Waals surface area (Å²) >= 11 is 0. The monoisotopic (exact) mass is 268 g/mol. The van der Waals surface area contributed by atoms with Gasteiger partial charge in [0.25, 0.3) is 0 Å². The highest BCUT2D eigenvalue weighted by atomic mass is 16.5. The Morgan fingerprint density at radius 2 is 2.16 bits per heavy atom. The first-order valence-corrected chi connectivity index (χ1v) is 7.12. The van der Waals surface area contributed by atoms with Gasteiger partial charge in [-0.3, -0.25) is 4.90 Å². The SMILES string of the molecule is CCNCc1cc(CN(C)CCOC(C)C)c(C)o1. The number of hydrogen-bond donors (Lipinski definition) is 1. The van der Waals surface area contributed by atoms with Crippen molar-refractivity contribution in [3.63, 3.8) is 0 Å². The second-order valence-electron chi connectivity index (χ2n) is 5.23. The van der Waals surface area contributed by atoms with Crippen molar-refractivity contribution >= 4 is 0 Å². The lowest BCUT2D eigenvalue weighted by Crippen LogP contribution is -2.24. The van der Waals surface area contributed by atoms with Gasteiger partial charge in [-0.1, -0.05) is 6.92 Å². The highest BCUT2D eigenvalue weighted by Gasteiger charge is 2.09. The summed E-state index contributed by atoms with van der Waals surface area (Å²) in [4.78, 5) is 2.26. The van der Waals surface area contributed by atoms with Crippen molar-refractivity contribution in [2.24, 2.45) is 0 Å². The zero-order valence-electron chi connectivity index (χ0n) is 13.0. The first-order valence-electron chi connectivity index (χ1n) is 7.12. The van der Waals surface area contributed by atoms with Crippen molar-refractivity contribution in [1.82, 2.24) is 10.2 Å². The zero-order chi connectivity index (χ0) is 14.3. The third-order valence-corrected chi connectivity index (χ3v) is 2.99. The standard InChI is InChI=1S/C15H28N2O2/c1-6-16-10-15-9-14(13(4)19-15)11-17(5)7-8-18-12(2)3/h9,12,16H,6-8,10-11H2,1-5H3. The molecule has 1 aromatic rings. The molecule has 0 aliphatic carbocycles. The maximum absolute atomic E-state index is 5.74. The molecule has 0 saturated heterocycles. The number of nitrogens with one attached hydrogen (secondary N) is 1. The van der Waals surface area contributed by atoms with E-state index in [-0.39, 0.29) is 0 Å². The molecule has 4 heteroatoms. The fourth-order valence-corrected chi connectivity index (χ4v) is 1.89. The Bertz CT molecular complexity index is 361. The molecule has 1 rings (SSSR count). The summed E-state index contributed by atoms with van der Waals surface area (Å²) in [6, 6.07) is 2.15. The van der Waals surface area contributed by atoms with Crippen LogP contribution >= 0.6 is 0 Å². The van der Waals surface area contributed by atoms with Crippen LogP contribution in [0.5, 0.6) is 0 Å². The zero-order valence-corrected chi connectivity index (χ0v) is 13.0. The van der Waals surface area contributed by atoms with Gasteiger partial charge in [0.15, 0.2) is 0 Å². The fourth-order valence-electron chi connectivity index (χ4n) is 1.89. The number of hydrogen-bond acceptors (Lipinski definition) is 4. The summed E-state index contributed by atoms with van der Waals surface area (Å²) in [7, 11) is 2.11. The van der Waals surface area contributed by atoms with Crippen molar-refractivity contribution in [1.29, 1.82) is 0 Å². The van der Waals surface area contributed by atoms with E-state index in [1.165, 1.54) is 5.56 Å². The second-order valence-corrected chi connectivity index (χ2v) is 5.23. The van der Waals surface area contributed by atoms with Gasteiger partial charge in [-0.25, -0.2) is 0 Å². The highest BCUT2D eigenvalue weighted by Crippen LogP contribution is 2.16. The van der Waals surface area contributed by atoms with E-state index in [0.717, 1.165) is 44.3 Å². The van der Waals surface area contributed by atoms with Crippen molar-refractivity contribution in [3.8, 4) is 0 Å². The summed E-state index contributed by atoms with van der Waals surface area (Å²) in [6.45, 7) is 12.6. The number of furan rings is 1. The van der Waals surface area contributed by atoms with Crippen LogP contribution in [0.3, 0.4) is 0 Å². The molecule has 0 bridgehead atoms. The third-order valence-electron chi connectivity index (χ3n) is 2.99. The minimum atomic E-state index is 0.302. The molecule has 0 radical (unpaired) electrons.